The molecular formula is C18H24N4O2. The number of aliphatic hydroxyl groups is 1. The Morgan fingerprint density at radius 3 is 2.62 bits per heavy atom. The first-order valence-electron chi connectivity index (χ1n) is 8.54. The van der Waals surface area contributed by atoms with Gasteiger partial charge in [-0.15, -0.1) is 5.10 Å². The normalized spacial score (nSPS) is 22.1. The Bertz CT molecular complexity index is 661. The highest BCUT2D eigenvalue weighted by molar-refractivity contribution is 5.75. The molecule has 1 aliphatic carbocycles. The summed E-state index contributed by atoms with van der Waals surface area (Å²) in [5.41, 5.74) is 1.88. The predicted octanol–water partition coefficient (Wildman–Crippen LogP) is 2.17. The van der Waals surface area contributed by atoms with Crippen LogP contribution in [0.2, 0.25) is 0 Å². The number of aromatic nitrogens is 3. The summed E-state index contributed by atoms with van der Waals surface area (Å²) in [5.74, 6) is 0.545. The molecule has 2 aromatic rings. The molecule has 1 fully saturated rings. The zero-order chi connectivity index (χ0) is 16.9. The monoisotopic (exact) mass is 328 g/mol. The number of aliphatic hydroxyl groups excluding tert-OH is 1. The van der Waals surface area contributed by atoms with E-state index in [-0.39, 0.29) is 18.5 Å². The van der Waals surface area contributed by atoms with Crippen molar-refractivity contribution in [3.05, 3.63) is 47.8 Å². The van der Waals surface area contributed by atoms with Crippen LogP contribution in [0.15, 0.2) is 36.5 Å². The summed E-state index contributed by atoms with van der Waals surface area (Å²) < 4.78 is 1.47. The number of carbonyl (C=O) groups is 1. The van der Waals surface area contributed by atoms with E-state index in [4.69, 9.17) is 0 Å². The minimum absolute atomic E-state index is 0.0554. The van der Waals surface area contributed by atoms with E-state index in [0.29, 0.717) is 11.6 Å². The second-order valence-electron chi connectivity index (χ2n) is 6.54. The summed E-state index contributed by atoms with van der Waals surface area (Å²) in [6, 6.07) is 10.8. The highest BCUT2D eigenvalue weighted by Crippen LogP contribution is 2.32. The van der Waals surface area contributed by atoms with Gasteiger partial charge in [-0.3, -0.25) is 4.79 Å². The highest BCUT2D eigenvalue weighted by Gasteiger charge is 2.23. The molecule has 0 saturated heterocycles. The smallest absolute Gasteiger partial charge is 0.242 e. The molecule has 1 heterocycles. The van der Waals surface area contributed by atoms with Crippen LogP contribution in [0, 0.1) is 0 Å². The maximum atomic E-state index is 12.1. The lowest BCUT2D eigenvalue weighted by Crippen LogP contribution is -2.39. The average Bonchev–Trinajstić information content (AvgIpc) is 3.05. The number of nitrogens with one attached hydrogen (secondary N) is 1. The third-order valence-electron chi connectivity index (χ3n) is 4.65. The number of hydrogen-bond donors (Lipinski definition) is 2. The van der Waals surface area contributed by atoms with Crippen LogP contribution < -0.4 is 5.32 Å². The van der Waals surface area contributed by atoms with E-state index in [9.17, 15) is 9.90 Å². The second-order valence-corrected chi connectivity index (χ2v) is 6.54. The zero-order valence-electron chi connectivity index (χ0n) is 13.9. The summed E-state index contributed by atoms with van der Waals surface area (Å²) >= 11 is 0. The summed E-state index contributed by atoms with van der Waals surface area (Å²) in [5, 5.41) is 20.2. The first-order chi connectivity index (χ1) is 11.6. The average molecular weight is 328 g/mol. The maximum absolute atomic E-state index is 12.1. The molecule has 1 saturated carbocycles. The van der Waals surface area contributed by atoms with Gasteiger partial charge >= 0.3 is 0 Å². The molecule has 1 aromatic heterocycles. The molecule has 0 aliphatic heterocycles. The van der Waals surface area contributed by atoms with Crippen LogP contribution in [0.25, 0.3) is 0 Å². The van der Waals surface area contributed by atoms with Crippen molar-refractivity contribution in [3.8, 4) is 0 Å². The summed E-state index contributed by atoms with van der Waals surface area (Å²) in [6.45, 7) is 1.76. The van der Waals surface area contributed by atoms with Crippen LogP contribution in [0.4, 0.5) is 0 Å². The van der Waals surface area contributed by atoms with Gasteiger partial charge in [0.2, 0.25) is 5.91 Å². The van der Waals surface area contributed by atoms with Crippen LogP contribution in [0.1, 0.15) is 55.9 Å². The standard InChI is InChI=1S/C18H24N4O2/c1-13(23)17-11-22(21-20-17)12-18(24)19-16-9-7-15(8-10-16)14-5-3-2-4-6-14/h2-6,11,13,15-16,23H,7-10,12H2,1H3,(H,19,24). The molecule has 6 nitrogen and oxygen atoms in total. The van der Waals surface area contributed by atoms with E-state index in [1.165, 1.54) is 10.2 Å². The number of hydrogen-bond acceptors (Lipinski definition) is 4. The van der Waals surface area contributed by atoms with Crippen molar-refractivity contribution in [3.63, 3.8) is 0 Å². The number of nitrogens with zero attached hydrogens (tertiary/aromatic N) is 3. The number of amides is 1. The summed E-state index contributed by atoms with van der Waals surface area (Å²) in [6.07, 6.45) is 5.14. The number of benzene rings is 1. The Hall–Kier alpha value is -2.21. The van der Waals surface area contributed by atoms with E-state index in [1.807, 2.05) is 6.07 Å². The number of rotatable bonds is 5. The summed E-state index contributed by atoms with van der Waals surface area (Å²) in [4.78, 5) is 12.1. The van der Waals surface area contributed by atoms with Crippen molar-refractivity contribution in [1.29, 1.82) is 0 Å². The molecule has 24 heavy (non-hydrogen) atoms. The zero-order valence-corrected chi connectivity index (χ0v) is 13.9. The largest absolute Gasteiger partial charge is 0.387 e. The molecular weight excluding hydrogens is 304 g/mol. The van der Waals surface area contributed by atoms with Crippen LogP contribution in [-0.4, -0.2) is 32.0 Å². The predicted molar refractivity (Wildman–Crippen MR) is 90.2 cm³/mol. The lowest BCUT2D eigenvalue weighted by Gasteiger charge is -2.29. The maximum Gasteiger partial charge on any atom is 0.242 e. The molecule has 1 unspecified atom stereocenters. The molecule has 2 N–H and O–H groups in total. The van der Waals surface area contributed by atoms with Crippen molar-refractivity contribution in [1.82, 2.24) is 20.3 Å². The van der Waals surface area contributed by atoms with Crippen molar-refractivity contribution in [2.75, 3.05) is 0 Å². The van der Waals surface area contributed by atoms with Crippen LogP contribution >= 0.6 is 0 Å². The van der Waals surface area contributed by atoms with Gasteiger partial charge in [-0.25, -0.2) is 4.68 Å². The minimum atomic E-state index is -0.671. The third kappa shape index (κ3) is 4.20. The molecule has 3 rings (SSSR count). The van der Waals surface area contributed by atoms with E-state index in [1.54, 1.807) is 13.1 Å². The van der Waals surface area contributed by atoms with Gasteiger partial charge in [0.05, 0.1) is 12.3 Å². The van der Waals surface area contributed by atoms with Gasteiger partial charge in [-0.2, -0.15) is 0 Å². The second kappa shape index (κ2) is 7.57. The van der Waals surface area contributed by atoms with Gasteiger partial charge < -0.3 is 10.4 Å². The molecule has 1 amide bonds. The lowest BCUT2D eigenvalue weighted by atomic mass is 9.82. The fraction of sp³-hybridized carbons (Fsp3) is 0.500. The van der Waals surface area contributed by atoms with Crippen molar-refractivity contribution < 1.29 is 9.90 Å². The van der Waals surface area contributed by atoms with Gasteiger partial charge in [0.1, 0.15) is 12.2 Å². The highest BCUT2D eigenvalue weighted by atomic mass is 16.3. The Labute approximate surface area is 141 Å². The van der Waals surface area contributed by atoms with Gasteiger partial charge in [0.15, 0.2) is 0 Å². The fourth-order valence-corrected chi connectivity index (χ4v) is 3.30. The number of carbonyl (C=O) groups excluding carboxylic acids is 1. The van der Waals surface area contributed by atoms with E-state index in [0.717, 1.165) is 25.7 Å². The molecule has 1 aliphatic rings. The van der Waals surface area contributed by atoms with Crippen LogP contribution in [0.3, 0.4) is 0 Å². The summed E-state index contributed by atoms with van der Waals surface area (Å²) in [7, 11) is 0. The first kappa shape index (κ1) is 16.6. The van der Waals surface area contributed by atoms with Crippen molar-refractivity contribution in [2.24, 2.45) is 0 Å². The fourth-order valence-electron chi connectivity index (χ4n) is 3.30. The van der Waals surface area contributed by atoms with E-state index < -0.39 is 6.10 Å². The molecule has 0 spiro atoms. The molecule has 0 bridgehead atoms. The van der Waals surface area contributed by atoms with Crippen LogP contribution in [0.5, 0.6) is 0 Å². The molecule has 1 aromatic carbocycles. The molecule has 128 valence electrons. The SMILES string of the molecule is CC(O)c1cn(CC(=O)NC2CCC(c3ccccc3)CC2)nn1. The Balaban J connectivity index is 1.46. The van der Waals surface area contributed by atoms with Crippen molar-refractivity contribution >= 4 is 5.91 Å². The van der Waals surface area contributed by atoms with Gasteiger partial charge in [-0.1, -0.05) is 35.5 Å². The van der Waals surface area contributed by atoms with Gasteiger partial charge in [0.25, 0.3) is 0 Å². The Morgan fingerprint density at radius 2 is 2.00 bits per heavy atom. The van der Waals surface area contributed by atoms with Crippen molar-refractivity contribution in [2.45, 2.75) is 57.2 Å². The first-order valence-corrected chi connectivity index (χ1v) is 8.54. The molecule has 0 radical (unpaired) electrons. The third-order valence-corrected chi connectivity index (χ3v) is 4.65. The minimum Gasteiger partial charge on any atom is -0.387 e. The lowest BCUT2D eigenvalue weighted by molar-refractivity contribution is -0.122. The van der Waals surface area contributed by atoms with E-state index in [2.05, 4.69) is 39.9 Å². The topological polar surface area (TPSA) is 80.0 Å². The van der Waals surface area contributed by atoms with Crippen LogP contribution in [-0.2, 0) is 11.3 Å². The Morgan fingerprint density at radius 1 is 1.29 bits per heavy atom. The van der Waals surface area contributed by atoms with Gasteiger partial charge in [0, 0.05) is 6.04 Å². The van der Waals surface area contributed by atoms with E-state index >= 15 is 0 Å². The molecule has 6 heteroatoms. The molecule has 1 atom stereocenters. The Kier molecular flexibility index (Phi) is 5.25. The quantitative estimate of drug-likeness (QED) is 0.881. The van der Waals surface area contributed by atoms with Gasteiger partial charge in [-0.05, 0) is 44.1 Å².